The molecule has 0 heterocycles. The van der Waals surface area contributed by atoms with E-state index in [0.717, 1.165) is 121 Å². The van der Waals surface area contributed by atoms with Gasteiger partial charge in [0.15, 0.2) is 12.2 Å². The van der Waals surface area contributed by atoms with Gasteiger partial charge in [0, 0.05) is 25.7 Å². The summed E-state index contributed by atoms with van der Waals surface area (Å²) in [4.78, 5) is 73.1. The van der Waals surface area contributed by atoms with Crippen LogP contribution in [0.2, 0.25) is 0 Å². The zero-order valence-corrected chi connectivity index (χ0v) is 68.2. The Bertz CT molecular complexity index is 2050. The molecule has 0 rings (SSSR count). The summed E-state index contributed by atoms with van der Waals surface area (Å²) in [5.74, 6) is -0.638. The van der Waals surface area contributed by atoms with Crippen molar-refractivity contribution < 1.29 is 80.2 Å². The third kappa shape index (κ3) is 75.8. The van der Waals surface area contributed by atoms with Gasteiger partial charge in [-0.3, -0.25) is 37.3 Å². The van der Waals surface area contributed by atoms with Gasteiger partial charge in [-0.25, -0.2) is 9.13 Å². The molecule has 0 saturated carbocycles. The van der Waals surface area contributed by atoms with Crippen LogP contribution in [0.3, 0.4) is 0 Å². The van der Waals surface area contributed by atoms with Crippen molar-refractivity contribution in [2.45, 2.75) is 432 Å². The molecule has 0 aliphatic heterocycles. The van der Waals surface area contributed by atoms with Crippen LogP contribution >= 0.6 is 15.6 Å². The lowest BCUT2D eigenvalue weighted by atomic mass is 10.0. The molecule has 0 aliphatic carbocycles. The van der Waals surface area contributed by atoms with Crippen molar-refractivity contribution in [3.63, 3.8) is 0 Å². The molecule has 0 saturated heterocycles. The second-order valence-electron chi connectivity index (χ2n) is 30.1. The number of phosphoric acid groups is 2. The molecule has 3 N–H and O–H groups in total. The van der Waals surface area contributed by atoms with E-state index in [1.807, 2.05) is 0 Å². The van der Waals surface area contributed by atoms with Crippen LogP contribution in [0.4, 0.5) is 0 Å². The van der Waals surface area contributed by atoms with E-state index in [-0.39, 0.29) is 25.7 Å². The van der Waals surface area contributed by atoms with E-state index >= 15 is 0 Å². The zero-order valence-electron chi connectivity index (χ0n) is 66.4. The molecule has 0 bridgehead atoms. The van der Waals surface area contributed by atoms with Crippen LogP contribution in [0.1, 0.15) is 414 Å². The Morgan fingerprint density at radius 1 is 0.304 bits per heavy atom. The highest BCUT2D eigenvalue weighted by molar-refractivity contribution is 7.47. The average molecular weight is 1490 g/mol. The number of carbonyl (C=O) groups excluding carboxylic acids is 4. The number of phosphoric ester groups is 2. The molecule has 17 nitrogen and oxygen atoms in total. The lowest BCUT2D eigenvalue weighted by Gasteiger charge is -2.21. The van der Waals surface area contributed by atoms with E-state index in [1.165, 1.54) is 212 Å². The molecular formula is C83H158O17P2. The predicted octanol–water partition coefficient (Wildman–Crippen LogP) is 24.6. The van der Waals surface area contributed by atoms with Crippen molar-refractivity contribution in [3.8, 4) is 0 Å². The largest absolute Gasteiger partial charge is 0.472 e. The number of ether oxygens (including phenoxy) is 4. The standard InChI is InChI=1S/C83H158O17P2/c1-7-9-11-13-15-17-19-21-23-24-25-26-27-28-30-32-37-41-49-55-61-67-82(87)99-78(71-93-80(85)65-59-53-47-40-36-31-29-22-20-18-16-14-12-10-8-2)73-97-101(89,90)95-69-77(84)70-96-102(91,92)98-74-79(72-94-81(86)66-60-54-48-44-43-46-52-58-64-76(5)6)100-83(88)68-62-56-50-42-38-34-33-35-39-45-51-57-63-75(3)4/h18,20,22,29,75-79,84H,7-17,19,21,23-28,30-74H2,1-6H3,(H,89,90)(H,91,92)/b20-18-,29-22-/t77-,78-,79-/m1/s1. The zero-order chi connectivity index (χ0) is 74.9. The first-order valence-corrected chi connectivity index (χ1v) is 45.3. The smallest absolute Gasteiger partial charge is 0.462 e. The molecule has 0 aromatic rings. The minimum absolute atomic E-state index is 0.102. The fraction of sp³-hybridized carbons (Fsp3) is 0.904. The summed E-state index contributed by atoms with van der Waals surface area (Å²) in [6.07, 6.45) is 67.5. The van der Waals surface area contributed by atoms with Gasteiger partial charge in [-0.15, -0.1) is 0 Å². The lowest BCUT2D eigenvalue weighted by molar-refractivity contribution is -0.161. The fourth-order valence-corrected chi connectivity index (χ4v) is 13.9. The number of unbranched alkanes of at least 4 members (excludes halogenated alkanes) is 47. The highest BCUT2D eigenvalue weighted by Crippen LogP contribution is 2.45. The maximum absolute atomic E-state index is 13.1. The quantitative estimate of drug-likeness (QED) is 0.0169. The molecule has 0 fully saturated rings. The van der Waals surface area contributed by atoms with Gasteiger partial charge in [0.05, 0.1) is 26.4 Å². The summed E-state index contributed by atoms with van der Waals surface area (Å²) in [6.45, 7) is 9.55. The third-order valence-electron chi connectivity index (χ3n) is 18.8. The summed E-state index contributed by atoms with van der Waals surface area (Å²) < 4.78 is 68.7. The summed E-state index contributed by atoms with van der Waals surface area (Å²) in [5, 5.41) is 10.6. The molecule has 2 unspecified atom stereocenters. The summed E-state index contributed by atoms with van der Waals surface area (Å²) in [5.41, 5.74) is 0. The van der Waals surface area contributed by atoms with Gasteiger partial charge in [-0.05, 0) is 63.2 Å². The fourth-order valence-electron chi connectivity index (χ4n) is 12.3. The SMILES string of the molecule is CCCCCC/C=C\C=C/CCCCCCCC(=O)OC[C@H](COP(=O)(O)OC[C@@H](O)COP(=O)(O)OC[C@@H](COC(=O)CCCCCCCCCCC(C)C)OC(=O)CCCCCCCCCCCCCCC(C)C)OC(=O)CCCCCCCCCCCCCCCCCCCCCCC. The maximum atomic E-state index is 13.1. The number of aliphatic hydroxyl groups excluding tert-OH is 1. The predicted molar refractivity (Wildman–Crippen MR) is 418 cm³/mol. The molecule has 0 amide bonds. The highest BCUT2D eigenvalue weighted by Gasteiger charge is 2.30. The van der Waals surface area contributed by atoms with Gasteiger partial charge < -0.3 is 33.8 Å². The summed E-state index contributed by atoms with van der Waals surface area (Å²) in [7, 11) is -9.93. The lowest BCUT2D eigenvalue weighted by Crippen LogP contribution is -2.30. The number of allylic oxidation sites excluding steroid dienone is 4. The van der Waals surface area contributed by atoms with Gasteiger partial charge >= 0.3 is 39.5 Å². The van der Waals surface area contributed by atoms with E-state index in [4.69, 9.17) is 37.0 Å². The molecule has 19 heteroatoms. The van der Waals surface area contributed by atoms with E-state index in [2.05, 4.69) is 65.8 Å². The Kier molecular flexibility index (Phi) is 72.2. The van der Waals surface area contributed by atoms with Gasteiger partial charge in [0.2, 0.25) is 0 Å². The van der Waals surface area contributed by atoms with Gasteiger partial charge in [-0.1, -0.05) is 361 Å². The molecule has 0 aliphatic rings. The van der Waals surface area contributed by atoms with Crippen molar-refractivity contribution in [3.05, 3.63) is 24.3 Å². The third-order valence-corrected chi connectivity index (χ3v) is 20.7. The normalized spacial score (nSPS) is 14.0. The molecule has 0 radical (unpaired) electrons. The summed E-state index contributed by atoms with van der Waals surface area (Å²) in [6, 6.07) is 0. The Hall–Kier alpha value is -2.46. The van der Waals surface area contributed by atoms with E-state index < -0.39 is 97.5 Å². The monoisotopic (exact) mass is 1490 g/mol. The Morgan fingerprint density at radius 3 is 0.804 bits per heavy atom. The number of hydrogen-bond donors (Lipinski definition) is 3. The van der Waals surface area contributed by atoms with Crippen molar-refractivity contribution in [2.24, 2.45) is 11.8 Å². The highest BCUT2D eigenvalue weighted by atomic mass is 31.2. The molecule has 0 aromatic heterocycles. The van der Waals surface area contributed by atoms with Gasteiger partial charge in [-0.2, -0.15) is 0 Å². The van der Waals surface area contributed by atoms with Crippen LogP contribution < -0.4 is 0 Å². The van der Waals surface area contributed by atoms with Gasteiger partial charge in [0.25, 0.3) is 0 Å². The van der Waals surface area contributed by atoms with Crippen molar-refractivity contribution in [1.29, 1.82) is 0 Å². The van der Waals surface area contributed by atoms with Gasteiger partial charge in [0.1, 0.15) is 19.3 Å². The maximum Gasteiger partial charge on any atom is 0.472 e. The first kappa shape index (κ1) is 99.5. The van der Waals surface area contributed by atoms with Crippen LogP contribution in [0, 0.1) is 11.8 Å². The topological polar surface area (TPSA) is 237 Å². The van der Waals surface area contributed by atoms with E-state index in [0.29, 0.717) is 25.7 Å². The molecule has 5 atom stereocenters. The number of hydrogen-bond acceptors (Lipinski definition) is 15. The second-order valence-corrected chi connectivity index (χ2v) is 33.0. The number of carbonyl (C=O) groups is 4. The molecule has 102 heavy (non-hydrogen) atoms. The molecular weight excluding hydrogens is 1330 g/mol. The number of rotatable bonds is 80. The Balaban J connectivity index is 5.26. The van der Waals surface area contributed by atoms with Crippen LogP contribution in [-0.2, 0) is 65.4 Å². The van der Waals surface area contributed by atoms with E-state index in [1.54, 1.807) is 0 Å². The van der Waals surface area contributed by atoms with Crippen LogP contribution in [0.15, 0.2) is 24.3 Å². The van der Waals surface area contributed by atoms with Crippen molar-refractivity contribution in [1.82, 2.24) is 0 Å². The molecule has 0 spiro atoms. The van der Waals surface area contributed by atoms with Crippen LogP contribution in [0.5, 0.6) is 0 Å². The molecule has 602 valence electrons. The van der Waals surface area contributed by atoms with Crippen LogP contribution in [-0.4, -0.2) is 96.7 Å². The van der Waals surface area contributed by atoms with Crippen molar-refractivity contribution in [2.75, 3.05) is 39.6 Å². The van der Waals surface area contributed by atoms with Crippen LogP contribution in [0.25, 0.3) is 0 Å². The first-order valence-electron chi connectivity index (χ1n) is 42.3. The minimum atomic E-state index is -4.97. The molecule has 0 aromatic carbocycles. The number of aliphatic hydroxyl groups is 1. The number of esters is 4. The minimum Gasteiger partial charge on any atom is -0.462 e. The summed E-state index contributed by atoms with van der Waals surface area (Å²) >= 11 is 0. The Labute approximate surface area is 624 Å². The second kappa shape index (κ2) is 74.0. The Morgan fingerprint density at radius 2 is 0.529 bits per heavy atom. The van der Waals surface area contributed by atoms with Crippen molar-refractivity contribution >= 4 is 39.5 Å². The first-order chi connectivity index (χ1) is 49.4. The average Bonchev–Trinajstić information content (AvgIpc) is 0.916. The van der Waals surface area contributed by atoms with E-state index in [9.17, 15) is 43.2 Å².